The van der Waals surface area contributed by atoms with Gasteiger partial charge >= 0.3 is 5.97 Å². The molecule has 2 rings (SSSR count). The fraction of sp³-hybridized carbons (Fsp3) is 0.444. The zero-order valence-electron chi connectivity index (χ0n) is 20.0. The van der Waals surface area contributed by atoms with Gasteiger partial charge in [-0.25, -0.2) is 4.79 Å². The lowest BCUT2D eigenvalue weighted by atomic mass is 9.89. The van der Waals surface area contributed by atoms with E-state index in [1.165, 1.54) is 11.6 Å². The van der Waals surface area contributed by atoms with Crippen molar-refractivity contribution in [2.24, 2.45) is 0 Å². The molecule has 0 unspecified atom stereocenters. The third-order valence-electron chi connectivity index (χ3n) is 5.07. The molecule has 0 radical (unpaired) electrons. The lowest BCUT2D eigenvalue weighted by Crippen LogP contribution is -2.05. The molecule has 0 fully saturated rings. The summed E-state index contributed by atoms with van der Waals surface area (Å²) in [7, 11) is 0. The molecule has 174 valence electrons. The molecule has 5 heteroatoms. The first-order valence-electron chi connectivity index (χ1n) is 11.3. The Labute approximate surface area is 196 Å². The summed E-state index contributed by atoms with van der Waals surface area (Å²) in [5.41, 5.74) is 5.33. The lowest BCUT2D eigenvalue weighted by Gasteiger charge is -2.21. The van der Waals surface area contributed by atoms with E-state index in [9.17, 15) is 9.18 Å². The second-order valence-corrected chi connectivity index (χ2v) is 9.31. The normalized spacial score (nSPS) is 12.2. The van der Waals surface area contributed by atoms with Crippen LogP contribution in [0.2, 0.25) is 0 Å². The number of allylic oxidation sites excluding steroid dienone is 2. The number of ether oxygens (including phenoxy) is 2. The Morgan fingerprint density at radius 2 is 1.91 bits per heavy atom. The number of carbonyl (C=O) groups is 1. The van der Waals surface area contributed by atoms with Gasteiger partial charge in [-0.05, 0) is 66.0 Å². The highest BCUT2D eigenvalue weighted by Gasteiger charge is 2.19. The number of thiophene rings is 1. The van der Waals surface area contributed by atoms with E-state index in [0.717, 1.165) is 32.9 Å². The van der Waals surface area contributed by atoms with Crippen molar-refractivity contribution in [2.45, 2.75) is 59.8 Å². The second kappa shape index (κ2) is 12.6. The molecule has 3 nitrogen and oxygen atoms in total. The summed E-state index contributed by atoms with van der Waals surface area (Å²) < 4.78 is 23.9. The summed E-state index contributed by atoms with van der Waals surface area (Å²) in [6.07, 6.45) is 5.81. The van der Waals surface area contributed by atoms with Crippen LogP contribution in [0.15, 0.2) is 41.3 Å². The summed E-state index contributed by atoms with van der Waals surface area (Å²) in [4.78, 5) is 12.8. The quantitative estimate of drug-likeness (QED) is 0.148. The van der Waals surface area contributed by atoms with E-state index in [2.05, 4.69) is 51.3 Å². The van der Waals surface area contributed by atoms with Crippen molar-refractivity contribution in [1.82, 2.24) is 0 Å². The lowest BCUT2D eigenvalue weighted by molar-refractivity contribution is -0.137. The minimum atomic E-state index is -0.394. The number of carbonyl (C=O) groups excluding carboxylic acids is 1. The van der Waals surface area contributed by atoms with Gasteiger partial charge in [0, 0.05) is 28.5 Å². The molecule has 0 atom stereocenters. The molecule has 0 saturated heterocycles. The van der Waals surface area contributed by atoms with E-state index in [4.69, 9.17) is 9.47 Å². The average molecular weight is 459 g/mol. The van der Waals surface area contributed by atoms with Gasteiger partial charge in [0.1, 0.15) is 5.75 Å². The third kappa shape index (κ3) is 7.06. The number of esters is 1. The molecule has 0 saturated carbocycles. The molecule has 0 aliphatic heterocycles. The van der Waals surface area contributed by atoms with Gasteiger partial charge in [-0.2, -0.15) is 0 Å². The Morgan fingerprint density at radius 1 is 1.16 bits per heavy atom. The maximum atomic E-state index is 12.8. The highest BCUT2D eigenvalue weighted by molar-refractivity contribution is 7.11. The van der Waals surface area contributed by atoms with Crippen LogP contribution in [-0.2, 0) is 9.53 Å². The first-order valence-corrected chi connectivity index (χ1v) is 12.1. The van der Waals surface area contributed by atoms with Gasteiger partial charge in [0.2, 0.25) is 0 Å². The summed E-state index contributed by atoms with van der Waals surface area (Å²) in [5, 5.41) is 2.06. The SMILES string of the molecule is CCOC(=O)/C=C(C)/C=C/c1sccc1-c1cc(C(C)C)cc(C(C)C)c1OCCCF. The number of halogens is 1. The van der Waals surface area contributed by atoms with Crippen LogP contribution in [-0.4, -0.2) is 25.9 Å². The maximum Gasteiger partial charge on any atom is 0.330 e. The van der Waals surface area contributed by atoms with E-state index in [-0.39, 0.29) is 11.9 Å². The summed E-state index contributed by atoms with van der Waals surface area (Å²) in [5.74, 6) is 1.15. The van der Waals surface area contributed by atoms with Crippen molar-refractivity contribution in [3.8, 4) is 16.9 Å². The Kier molecular flexibility index (Phi) is 10.2. The van der Waals surface area contributed by atoms with Crippen molar-refractivity contribution in [3.05, 3.63) is 57.3 Å². The van der Waals surface area contributed by atoms with E-state index in [0.29, 0.717) is 25.6 Å². The minimum absolute atomic E-state index is 0.278. The Bertz CT molecular complexity index is 954. The van der Waals surface area contributed by atoms with Crippen LogP contribution in [0.25, 0.3) is 17.2 Å². The molecule has 0 aliphatic carbocycles. The number of rotatable bonds is 11. The van der Waals surface area contributed by atoms with E-state index in [1.54, 1.807) is 18.3 Å². The molecule has 2 aromatic rings. The topological polar surface area (TPSA) is 35.5 Å². The van der Waals surface area contributed by atoms with Crippen LogP contribution >= 0.6 is 11.3 Å². The highest BCUT2D eigenvalue weighted by atomic mass is 32.1. The number of benzene rings is 1. The zero-order valence-corrected chi connectivity index (χ0v) is 20.9. The van der Waals surface area contributed by atoms with Crippen LogP contribution in [0.1, 0.15) is 75.8 Å². The Morgan fingerprint density at radius 3 is 2.53 bits per heavy atom. The summed E-state index contributed by atoms with van der Waals surface area (Å²) in [6, 6.07) is 6.51. The van der Waals surface area contributed by atoms with Gasteiger partial charge in [0.25, 0.3) is 0 Å². The van der Waals surface area contributed by atoms with Crippen molar-refractivity contribution < 1.29 is 18.7 Å². The molecule has 32 heavy (non-hydrogen) atoms. The molecule has 0 spiro atoms. The van der Waals surface area contributed by atoms with Gasteiger partial charge in [-0.1, -0.05) is 39.8 Å². The molecule has 0 bridgehead atoms. The minimum Gasteiger partial charge on any atom is -0.493 e. The van der Waals surface area contributed by atoms with Gasteiger partial charge in [-0.15, -0.1) is 11.3 Å². The van der Waals surface area contributed by atoms with Crippen molar-refractivity contribution in [2.75, 3.05) is 19.9 Å². The fourth-order valence-electron chi connectivity index (χ4n) is 3.32. The van der Waals surface area contributed by atoms with Gasteiger partial charge < -0.3 is 9.47 Å². The van der Waals surface area contributed by atoms with Crippen LogP contribution in [0.5, 0.6) is 5.75 Å². The van der Waals surface area contributed by atoms with Crippen molar-refractivity contribution in [1.29, 1.82) is 0 Å². The molecule has 1 aromatic carbocycles. The zero-order chi connectivity index (χ0) is 23.7. The molecular weight excluding hydrogens is 423 g/mol. The van der Waals surface area contributed by atoms with Crippen molar-refractivity contribution in [3.63, 3.8) is 0 Å². The van der Waals surface area contributed by atoms with Crippen LogP contribution in [0.4, 0.5) is 4.39 Å². The fourth-order valence-corrected chi connectivity index (χ4v) is 4.13. The largest absolute Gasteiger partial charge is 0.493 e. The van der Waals surface area contributed by atoms with Crippen LogP contribution in [0.3, 0.4) is 0 Å². The average Bonchev–Trinajstić information content (AvgIpc) is 3.20. The number of alkyl halides is 1. The standard InChI is InChI=1S/C27H35FO3S/c1-7-30-26(29)15-20(6)9-10-25-22(11-14-32-25)24-17-21(18(2)3)16-23(19(4)5)27(24)31-13-8-12-28/h9-11,14-19H,7-8,12-13H2,1-6H3/b10-9+,20-15+. The van der Waals surface area contributed by atoms with E-state index < -0.39 is 6.67 Å². The Balaban J connectivity index is 2.54. The number of hydrogen-bond acceptors (Lipinski definition) is 4. The van der Waals surface area contributed by atoms with Gasteiger partial charge in [0.15, 0.2) is 0 Å². The molecule has 1 aromatic heterocycles. The smallest absolute Gasteiger partial charge is 0.330 e. The maximum absolute atomic E-state index is 12.8. The molecule has 0 N–H and O–H groups in total. The van der Waals surface area contributed by atoms with Crippen molar-refractivity contribution >= 4 is 23.4 Å². The highest BCUT2D eigenvalue weighted by Crippen LogP contribution is 2.42. The molecular formula is C27H35FO3S. The number of hydrogen-bond donors (Lipinski definition) is 0. The first-order chi connectivity index (χ1) is 15.3. The summed E-state index contributed by atoms with van der Waals surface area (Å²) >= 11 is 1.64. The molecule has 0 amide bonds. The Hall–Kier alpha value is -2.40. The van der Waals surface area contributed by atoms with Crippen LogP contribution in [0, 0.1) is 0 Å². The molecule has 1 heterocycles. The van der Waals surface area contributed by atoms with Crippen LogP contribution < -0.4 is 4.74 Å². The predicted octanol–water partition coefficient (Wildman–Crippen LogP) is 7.92. The second-order valence-electron chi connectivity index (χ2n) is 8.36. The third-order valence-corrected chi connectivity index (χ3v) is 5.95. The van der Waals surface area contributed by atoms with E-state index >= 15 is 0 Å². The van der Waals surface area contributed by atoms with E-state index in [1.807, 2.05) is 19.1 Å². The monoisotopic (exact) mass is 458 g/mol. The summed E-state index contributed by atoms with van der Waals surface area (Å²) in [6.45, 7) is 12.7. The predicted molar refractivity (Wildman–Crippen MR) is 133 cm³/mol. The van der Waals surface area contributed by atoms with Gasteiger partial charge in [0.05, 0.1) is 19.9 Å². The van der Waals surface area contributed by atoms with Gasteiger partial charge in [-0.3, -0.25) is 4.39 Å². The first kappa shape index (κ1) is 25.9. The molecule has 0 aliphatic rings.